The summed E-state index contributed by atoms with van der Waals surface area (Å²) in [5.41, 5.74) is 0.0749. The lowest BCUT2D eigenvalue weighted by molar-refractivity contribution is 0.326. The van der Waals surface area contributed by atoms with Crippen molar-refractivity contribution in [2.45, 2.75) is 38.3 Å². The van der Waals surface area contributed by atoms with Gasteiger partial charge in [-0.2, -0.15) is 5.10 Å². The summed E-state index contributed by atoms with van der Waals surface area (Å²) in [4.78, 5) is 12.0. The molecule has 2 aliphatic rings. The van der Waals surface area contributed by atoms with Crippen LogP contribution in [0.1, 0.15) is 37.5 Å². The van der Waals surface area contributed by atoms with Gasteiger partial charge in [-0.25, -0.2) is 9.48 Å². The molecule has 0 bridgehead atoms. The molecule has 5 nitrogen and oxygen atoms in total. The van der Waals surface area contributed by atoms with Crippen LogP contribution >= 0.6 is 0 Å². The maximum Gasteiger partial charge on any atom is 0.346 e. The van der Waals surface area contributed by atoms with Crippen LogP contribution in [0.5, 0.6) is 0 Å². The Labute approximate surface area is 88.1 Å². The van der Waals surface area contributed by atoms with Crippen molar-refractivity contribution in [1.82, 2.24) is 19.7 Å². The first-order valence-corrected chi connectivity index (χ1v) is 5.71. The van der Waals surface area contributed by atoms with E-state index in [2.05, 4.69) is 10.4 Å². The molecule has 2 fully saturated rings. The molecular formula is C10H16N4O. The van der Waals surface area contributed by atoms with Crippen LogP contribution in [0.15, 0.2) is 4.79 Å². The van der Waals surface area contributed by atoms with Crippen LogP contribution in [0.25, 0.3) is 0 Å². The zero-order chi connectivity index (χ0) is 10.4. The third kappa shape index (κ3) is 1.33. The minimum atomic E-state index is 0.0749. The van der Waals surface area contributed by atoms with Gasteiger partial charge in [0.05, 0.1) is 6.04 Å². The molecule has 1 aromatic rings. The predicted molar refractivity (Wildman–Crippen MR) is 56.0 cm³/mol. The Bertz CT molecular complexity index is 425. The zero-order valence-electron chi connectivity index (χ0n) is 8.94. The first-order chi connectivity index (χ1) is 7.31. The van der Waals surface area contributed by atoms with Crippen LogP contribution in [0.3, 0.4) is 0 Å². The van der Waals surface area contributed by atoms with Gasteiger partial charge in [0.25, 0.3) is 0 Å². The Morgan fingerprint density at radius 3 is 2.67 bits per heavy atom. The summed E-state index contributed by atoms with van der Waals surface area (Å²) in [6.07, 6.45) is 2.39. The van der Waals surface area contributed by atoms with E-state index in [1.165, 1.54) is 12.8 Å². The van der Waals surface area contributed by atoms with E-state index in [9.17, 15) is 4.79 Å². The van der Waals surface area contributed by atoms with Crippen molar-refractivity contribution in [3.63, 3.8) is 0 Å². The van der Waals surface area contributed by atoms with Gasteiger partial charge in [0.2, 0.25) is 0 Å². The molecule has 0 aromatic carbocycles. The third-order valence-corrected chi connectivity index (χ3v) is 3.26. The van der Waals surface area contributed by atoms with Crippen molar-refractivity contribution >= 4 is 0 Å². The van der Waals surface area contributed by atoms with E-state index < -0.39 is 0 Å². The topological polar surface area (TPSA) is 51.9 Å². The average Bonchev–Trinajstić information content (AvgIpc) is 2.93. The lowest BCUT2D eigenvalue weighted by Crippen LogP contribution is -2.47. The van der Waals surface area contributed by atoms with Crippen molar-refractivity contribution in [3.05, 3.63) is 16.3 Å². The molecule has 0 unspecified atom stereocenters. The van der Waals surface area contributed by atoms with Crippen molar-refractivity contribution in [2.75, 3.05) is 13.1 Å². The number of rotatable bonds is 3. The van der Waals surface area contributed by atoms with E-state index >= 15 is 0 Å². The maximum absolute atomic E-state index is 12.0. The fourth-order valence-corrected chi connectivity index (χ4v) is 2.06. The quantitative estimate of drug-likeness (QED) is 0.765. The van der Waals surface area contributed by atoms with Crippen molar-refractivity contribution < 1.29 is 0 Å². The highest BCUT2D eigenvalue weighted by atomic mass is 16.2. The maximum atomic E-state index is 12.0. The number of nitrogens with one attached hydrogen (secondary N) is 1. The van der Waals surface area contributed by atoms with Crippen molar-refractivity contribution in [3.8, 4) is 0 Å². The molecule has 0 radical (unpaired) electrons. The number of hydrogen-bond donors (Lipinski definition) is 1. The van der Waals surface area contributed by atoms with Gasteiger partial charge in [-0.1, -0.05) is 0 Å². The molecule has 2 heterocycles. The Morgan fingerprint density at radius 1 is 1.47 bits per heavy atom. The lowest BCUT2D eigenvalue weighted by atomic mass is 10.1. The normalized spacial score (nSPS) is 21.7. The van der Waals surface area contributed by atoms with Crippen LogP contribution in [-0.4, -0.2) is 27.4 Å². The summed E-state index contributed by atoms with van der Waals surface area (Å²) >= 11 is 0. The first kappa shape index (κ1) is 9.15. The Balaban J connectivity index is 2.06. The fraction of sp³-hybridized carbons (Fsp3) is 0.800. The van der Waals surface area contributed by atoms with Gasteiger partial charge in [-0.3, -0.25) is 4.57 Å². The zero-order valence-corrected chi connectivity index (χ0v) is 8.94. The van der Waals surface area contributed by atoms with Crippen LogP contribution in [0.4, 0.5) is 0 Å². The average molecular weight is 208 g/mol. The minimum absolute atomic E-state index is 0.0749. The summed E-state index contributed by atoms with van der Waals surface area (Å²) in [6, 6.07) is 0.341. The molecule has 82 valence electrons. The van der Waals surface area contributed by atoms with Gasteiger partial charge >= 0.3 is 5.69 Å². The first-order valence-electron chi connectivity index (χ1n) is 5.71. The highest BCUT2D eigenvalue weighted by molar-refractivity contribution is 5.08. The summed E-state index contributed by atoms with van der Waals surface area (Å²) in [6.45, 7) is 4.46. The molecule has 1 N–H and O–H groups in total. The standard InChI is InChI=1S/C10H16N4O/c1-2-13-10(15)14(8-5-11-6-8)9(12-13)7-3-4-7/h7-8,11H,2-6H2,1H3. The van der Waals surface area contributed by atoms with E-state index in [0.29, 0.717) is 18.5 Å². The van der Waals surface area contributed by atoms with Crippen LogP contribution < -0.4 is 11.0 Å². The van der Waals surface area contributed by atoms with Crippen LogP contribution in [0.2, 0.25) is 0 Å². The van der Waals surface area contributed by atoms with Gasteiger partial charge in [0.15, 0.2) is 0 Å². The van der Waals surface area contributed by atoms with Gasteiger partial charge < -0.3 is 5.32 Å². The SMILES string of the molecule is CCn1nc(C2CC2)n(C2CNC2)c1=O. The van der Waals surface area contributed by atoms with Crippen molar-refractivity contribution in [2.24, 2.45) is 0 Å². The van der Waals surface area contributed by atoms with E-state index in [1.54, 1.807) is 4.68 Å². The summed E-state index contributed by atoms with van der Waals surface area (Å²) in [7, 11) is 0. The molecule has 1 saturated carbocycles. The highest BCUT2D eigenvalue weighted by Gasteiger charge is 2.34. The van der Waals surface area contributed by atoms with Gasteiger partial charge in [0.1, 0.15) is 5.82 Å². The highest BCUT2D eigenvalue weighted by Crippen LogP contribution is 2.39. The van der Waals surface area contributed by atoms with Crippen LogP contribution in [-0.2, 0) is 6.54 Å². The van der Waals surface area contributed by atoms with E-state index in [4.69, 9.17) is 0 Å². The predicted octanol–water partition coefficient (Wildman–Crippen LogP) is 0.0864. The third-order valence-electron chi connectivity index (χ3n) is 3.26. The summed E-state index contributed by atoms with van der Waals surface area (Å²) < 4.78 is 3.50. The molecule has 3 rings (SSSR count). The summed E-state index contributed by atoms with van der Waals surface area (Å²) in [5.74, 6) is 1.57. The number of aryl methyl sites for hydroxylation is 1. The van der Waals surface area contributed by atoms with Gasteiger partial charge in [0, 0.05) is 25.6 Å². The second-order valence-corrected chi connectivity index (χ2v) is 4.41. The van der Waals surface area contributed by atoms with E-state index in [-0.39, 0.29) is 5.69 Å². The molecular weight excluding hydrogens is 192 g/mol. The lowest BCUT2D eigenvalue weighted by Gasteiger charge is -2.28. The van der Waals surface area contributed by atoms with E-state index in [1.807, 2.05) is 11.5 Å². The monoisotopic (exact) mass is 208 g/mol. The molecule has 15 heavy (non-hydrogen) atoms. The van der Waals surface area contributed by atoms with Gasteiger partial charge in [-0.05, 0) is 19.8 Å². The Hall–Kier alpha value is -1.10. The van der Waals surface area contributed by atoms with Crippen LogP contribution in [0, 0.1) is 0 Å². The second-order valence-electron chi connectivity index (χ2n) is 4.41. The van der Waals surface area contributed by atoms with Gasteiger partial charge in [-0.15, -0.1) is 0 Å². The molecule has 1 aromatic heterocycles. The minimum Gasteiger partial charge on any atom is -0.313 e. The summed E-state index contributed by atoms with van der Waals surface area (Å²) in [5, 5.41) is 7.64. The molecule has 0 atom stereocenters. The number of aromatic nitrogens is 3. The smallest absolute Gasteiger partial charge is 0.313 e. The molecule has 0 amide bonds. The largest absolute Gasteiger partial charge is 0.346 e. The molecule has 1 saturated heterocycles. The van der Waals surface area contributed by atoms with E-state index in [0.717, 1.165) is 18.9 Å². The second kappa shape index (κ2) is 3.20. The molecule has 5 heteroatoms. The fourth-order valence-electron chi connectivity index (χ4n) is 2.06. The molecule has 1 aliphatic heterocycles. The van der Waals surface area contributed by atoms with Crippen molar-refractivity contribution in [1.29, 1.82) is 0 Å². The number of nitrogens with zero attached hydrogens (tertiary/aromatic N) is 3. The Morgan fingerprint density at radius 2 is 2.20 bits per heavy atom. The Kier molecular flexibility index (Phi) is 1.95. The molecule has 1 aliphatic carbocycles. The molecule has 0 spiro atoms. The number of hydrogen-bond acceptors (Lipinski definition) is 3.